The average Bonchev–Trinajstić information content (AvgIpc) is 2.18. The van der Waals surface area contributed by atoms with E-state index >= 15 is 0 Å². The molecular weight excluding hydrogens is 212 g/mol. The van der Waals surface area contributed by atoms with Crippen molar-refractivity contribution in [1.29, 1.82) is 0 Å². The number of ether oxygens (including phenoxy) is 1. The Morgan fingerprint density at radius 2 is 2.13 bits per heavy atom. The fraction of sp³-hybridized carbons (Fsp3) is 0.900. The smallest absolute Gasteiger partial charge is 0.165 e. The van der Waals surface area contributed by atoms with Crippen LogP contribution in [0.4, 0.5) is 0 Å². The summed E-state index contributed by atoms with van der Waals surface area (Å²) in [5, 5.41) is 9.11. The van der Waals surface area contributed by atoms with Crippen LogP contribution >= 0.6 is 12.2 Å². The number of rotatable bonds is 1. The fourth-order valence-corrected chi connectivity index (χ4v) is 1.20. The molecule has 0 aromatic rings. The molecule has 1 aliphatic rings. The number of aliphatic hydroxyl groups is 1. The minimum atomic E-state index is 0.119. The quantitative estimate of drug-likeness (QED) is 0.650. The zero-order valence-electron chi connectivity index (χ0n) is 9.77. The normalized spacial score (nSPS) is 25.1. The van der Waals surface area contributed by atoms with Gasteiger partial charge >= 0.3 is 0 Å². The van der Waals surface area contributed by atoms with Gasteiger partial charge in [0.25, 0.3) is 0 Å². The SMILES string of the molecule is CC1CCOC(CO)C1.CN(C)C(N)=S. The fourth-order valence-electron chi connectivity index (χ4n) is 1.20. The van der Waals surface area contributed by atoms with Gasteiger partial charge in [0.1, 0.15) is 0 Å². The van der Waals surface area contributed by atoms with E-state index in [1.165, 1.54) is 0 Å². The van der Waals surface area contributed by atoms with E-state index < -0.39 is 0 Å². The standard InChI is InChI=1S/C7H14O2.C3H8N2S/c1-6-2-3-9-7(4-6)5-8;1-5(2)3(4)6/h6-8H,2-5H2,1H3;1-2H3,(H2,4,6). The van der Waals surface area contributed by atoms with Gasteiger partial charge in [0.05, 0.1) is 12.7 Å². The Hall–Kier alpha value is -0.390. The Labute approximate surface area is 97.4 Å². The van der Waals surface area contributed by atoms with Crippen LogP contribution in [0.5, 0.6) is 0 Å². The van der Waals surface area contributed by atoms with Crippen molar-refractivity contribution in [3.8, 4) is 0 Å². The van der Waals surface area contributed by atoms with E-state index in [-0.39, 0.29) is 12.7 Å². The highest BCUT2D eigenvalue weighted by molar-refractivity contribution is 7.80. The van der Waals surface area contributed by atoms with Crippen LogP contribution in [0.1, 0.15) is 19.8 Å². The predicted molar refractivity (Wildman–Crippen MR) is 65.7 cm³/mol. The van der Waals surface area contributed by atoms with Crippen LogP contribution in [0.3, 0.4) is 0 Å². The Kier molecular flexibility index (Phi) is 7.64. The number of nitrogens with two attached hydrogens (primary N) is 1. The molecule has 0 aromatic carbocycles. The van der Waals surface area contributed by atoms with E-state index in [0.29, 0.717) is 5.11 Å². The zero-order chi connectivity index (χ0) is 11.8. The van der Waals surface area contributed by atoms with Gasteiger partial charge in [-0.15, -0.1) is 0 Å². The molecule has 3 N–H and O–H groups in total. The highest BCUT2D eigenvalue weighted by Gasteiger charge is 2.17. The highest BCUT2D eigenvalue weighted by Crippen LogP contribution is 2.18. The predicted octanol–water partition coefficient (Wildman–Crippen LogP) is 0.585. The summed E-state index contributed by atoms with van der Waals surface area (Å²) in [5.41, 5.74) is 5.09. The van der Waals surface area contributed by atoms with E-state index in [1.54, 1.807) is 4.90 Å². The maximum Gasteiger partial charge on any atom is 0.165 e. The lowest BCUT2D eigenvalue weighted by molar-refractivity contribution is -0.0344. The second kappa shape index (κ2) is 7.84. The molecule has 2 atom stereocenters. The summed E-state index contributed by atoms with van der Waals surface area (Å²) in [6, 6.07) is 0. The van der Waals surface area contributed by atoms with Crippen molar-refractivity contribution in [2.45, 2.75) is 25.9 Å². The van der Waals surface area contributed by atoms with E-state index in [9.17, 15) is 0 Å². The first-order valence-electron chi connectivity index (χ1n) is 5.16. The summed E-state index contributed by atoms with van der Waals surface area (Å²) in [6.07, 6.45) is 2.29. The molecule has 90 valence electrons. The molecule has 0 spiro atoms. The summed E-state index contributed by atoms with van der Waals surface area (Å²) < 4.78 is 5.25. The molecule has 15 heavy (non-hydrogen) atoms. The third-order valence-electron chi connectivity index (χ3n) is 2.27. The van der Waals surface area contributed by atoms with E-state index in [0.717, 1.165) is 25.4 Å². The van der Waals surface area contributed by atoms with Crippen LogP contribution in [0, 0.1) is 5.92 Å². The van der Waals surface area contributed by atoms with Gasteiger partial charge in [0.2, 0.25) is 0 Å². The van der Waals surface area contributed by atoms with Crippen LogP contribution in [-0.4, -0.2) is 48.5 Å². The lowest BCUT2D eigenvalue weighted by atomic mass is 9.98. The van der Waals surface area contributed by atoms with Gasteiger partial charge < -0.3 is 20.5 Å². The van der Waals surface area contributed by atoms with E-state index in [2.05, 4.69) is 19.1 Å². The number of thiocarbonyl (C=S) groups is 1. The number of nitrogens with zero attached hydrogens (tertiary/aromatic N) is 1. The van der Waals surface area contributed by atoms with Crippen molar-refractivity contribution in [2.75, 3.05) is 27.3 Å². The third kappa shape index (κ3) is 7.53. The lowest BCUT2D eigenvalue weighted by Crippen LogP contribution is -2.27. The number of aliphatic hydroxyl groups excluding tert-OH is 1. The molecule has 4 nitrogen and oxygen atoms in total. The molecule has 0 aromatic heterocycles. The summed E-state index contributed by atoms with van der Waals surface area (Å²) >= 11 is 4.52. The molecule has 0 saturated carbocycles. The topological polar surface area (TPSA) is 58.7 Å². The molecule has 1 saturated heterocycles. The minimum Gasteiger partial charge on any atom is -0.394 e. The van der Waals surface area contributed by atoms with Crippen LogP contribution in [0.2, 0.25) is 0 Å². The maximum absolute atomic E-state index is 8.68. The zero-order valence-corrected chi connectivity index (χ0v) is 10.6. The first-order chi connectivity index (χ1) is 6.97. The average molecular weight is 234 g/mol. The molecule has 1 rings (SSSR count). The summed E-state index contributed by atoms with van der Waals surface area (Å²) in [7, 11) is 3.62. The first-order valence-corrected chi connectivity index (χ1v) is 5.57. The van der Waals surface area contributed by atoms with Crippen LogP contribution in [-0.2, 0) is 4.74 Å². The monoisotopic (exact) mass is 234 g/mol. The Morgan fingerprint density at radius 1 is 1.60 bits per heavy atom. The third-order valence-corrected chi connectivity index (χ3v) is 2.64. The molecule has 0 radical (unpaired) electrons. The molecule has 1 heterocycles. The van der Waals surface area contributed by atoms with Crippen LogP contribution in [0.15, 0.2) is 0 Å². The summed E-state index contributed by atoms with van der Waals surface area (Å²) in [4.78, 5) is 1.68. The molecule has 2 unspecified atom stereocenters. The second-order valence-electron chi connectivity index (χ2n) is 4.04. The molecule has 1 fully saturated rings. The van der Waals surface area contributed by atoms with Crippen molar-refractivity contribution >= 4 is 17.3 Å². The molecule has 5 heteroatoms. The maximum atomic E-state index is 8.68. The molecule has 0 aliphatic carbocycles. The lowest BCUT2D eigenvalue weighted by Gasteiger charge is -2.25. The highest BCUT2D eigenvalue weighted by atomic mass is 32.1. The molecule has 0 amide bonds. The molecule has 1 aliphatic heterocycles. The van der Waals surface area contributed by atoms with Crippen molar-refractivity contribution in [1.82, 2.24) is 4.90 Å². The van der Waals surface area contributed by atoms with E-state index in [4.69, 9.17) is 15.6 Å². The molecule has 0 bridgehead atoms. The van der Waals surface area contributed by atoms with Crippen LogP contribution < -0.4 is 5.73 Å². The summed E-state index contributed by atoms with van der Waals surface area (Å²) in [5.74, 6) is 0.732. The first kappa shape index (κ1) is 14.6. The van der Waals surface area contributed by atoms with Crippen molar-refractivity contribution in [3.63, 3.8) is 0 Å². The van der Waals surface area contributed by atoms with Gasteiger partial charge in [-0.3, -0.25) is 0 Å². The molecular formula is C10H22N2O2S. The minimum absolute atomic E-state index is 0.119. The Balaban J connectivity index is 0.000000288. The van der Waals surface area contributed by atoms with E-state index in [1.807, 2.05) is 14.1 Å². The second-order valence-corrected chi connectivity index (χ2v) is 4.46. The van der Waals surface area contributed by atoms with Crippen molar-refractivity contribution in [3.05, 3.63) is 0 Å². The number of hydrogen-bond acceptors (Lipinski definition) is 3. The van der Waals surface area contributed by atoms with Gasteiger partial charge in [0.15, 0.2) is 5.11 Å². The van der Waals surface area contributed by atoms with Gasteiger partial charge in [-0.25, -0.2) is 0 Å². The van der Waals surface area contributed by atoms with Gasteiger partial charge in [0, 0.05) is 20.7 Å². The Morgan fingerprint density at radius 3 is 2.40 bits per heavy atom. The largest absolute Gasteiger partial charge is 0.394 e. The Bertz CT molecular complexity index is 188. The van der Waals surface area contributed by atoms with Gasteiger partial charge in [-0.2, -0.15) is 0 Å². The summed E-state index contributed by atoms with van der Waals surface area (Å²) in [6.45, 7) is 3.21. The van der Waals surface area contributed by atoms with Crippen molar-refractivity contribution < 1.29 is 9.84 Å². The van der Waals surface area contributed by atoms with Crippen molar-refractivity contribution in [2.24, 2.45) is 11.7 Å². The van der Waals surface area contributed by atoms with Crippen LogP contribution in [0.25, 0.3) is 0 Å². The van der Waals surface area contributed by atoms with Gasteiger partial charge in [-0.1, -0.05) is 6.92 Å². The number of hydrogen-bond donors (Lipinski definition) is 2. The van der Waals surface area contributed by atoms with Gasteiger partial charge in [-0.05, 0) is 31.0 Å².